The average Bonchev–Trinajstić information content (AvgIpc) is 2.69. The Morgan fingerprint density at radius 2 is 1.46 bits per heavy atom. The molecule has 0 aromatic heterocycles. The predicted molar refractivity (Wildman–Crippen MR) is 98.5 cm³/mol. The Labute approximate surface area is 151 Å². The molecule has 6 nitrogen and oxygen atoms in total. The van der Waals surface area contributed by atoms with Crippen molar-refractivity contribution in [2.45, 2.75) is 13.2 Å². The lowest BCUT2D eigenvalue weighted by Gasteiger charge is -2.11. The molecule has 6 heteroatoms. The van der Waals surface area contributed by atoms with Gasteiger partial charge in [-0.05, 0) is 42.0 Å². The minimum Gasteiger partial charge on any atom is -0.597 e. The highest BCUT2D eigenvalue weighted by Gasteiger charge is 2.08. The fraction of sp³-hybridized carbons (Fsp3) is 0.100. The number of benzene rings is 3. The van der Waals surface area contributed by atoms with Gasteiger partial charge in [-0.1, -0.05) is 47.3 Å². The van der Waals surface area contributed by atoms with Crippen molar-refractivity contribution in [2.24, 2.45) is 5.28 Å². The van der Waals surface area contributed by atoms with Gasteiger partial charge in [-0.25, -0.2) is 0 Å². The fourth-order valence-electron chi connectivity index (χ4n) is 2.51. The molecule has 0 spiro atoms. The van der Waals surface area contributed by atoms with E-state index in [1.807, 2.05) is 78.9 Å². The molecule has 0 amide bonds. The number of hydroxylamine groups is 1. The summed E-state index contributed by atoms with van der Waals surface area (Å²) in [6.07, 6.45) is 0. The first-order chi connectivity index (χ1) is 12.7. The molecule has 0 aliphatic carbocycles. The maximum Gasteiger partial charge on any atom is 0.209 e. The Morgan fingerprint density at radius 3 is 2.15 bits per heavy atom. The lowest BCUT2D eigenvalue weighted by Crippen LogP contribution is -2.06. The second-order valence-corrected chi connectivity index (χ2v) is 5.67. The van der Waals surface area contributed by atoms with Crippen LogP contribution in [0.3, 0.4) is 0 Å². The summed E-state index contributed by atoms with van der Waals surface area (Å²) in [5.41, 5.74) is 3.60. The molecule has 0 saturated carbocycles. The zero-order valence-electron chi connectivity index (χ0n) is 14.1. The van der Waals surface area contributed by atoms with E-state index in [0.29, 0.717) is 6.61 Å². The summed E-state index contributed by atoms with van der Waals surface area (Å²) < 4.78 is 5.81. The first-order valence-corrected chi connectivity index (χ1v) is 8.16. The molecule has 0 saturated heterocycles. The summed E-state index contributed by atoms with van der Waals surface area (Å²) in [6.45, 7) is 0.289. The van der Waals surface area contributed by atoms with Gasteiger partial charge in [0.05, 0.1) is 0 Å². The Kier molecular flexibility index (Phi) is 5.67. The Morgan fingerprint density at radius 1 is 0.846 bits per heavy atom. The molecule has 0 bridgehead atoms. The highest BCUT2D eigenvalue weighted by Crippen LogP contribution is 2.21. The third-order valence-corrected chi connectivity index (χ3v) is 3.83. The van der Waals surface area contributed by atoms with Crippen molar-refractivity contribution in [3.8, 4) is 5.75 Å². The van der Waals surface area contributed by atoms with Crippen molar-refractivity contribution in [1.29, 1.82) is 0 Å². The van der Waals surface area contributed by atoms with Crippen LogP contribution >= 0.6 is 0 Å². The van der Waals surface area contributed by atoms with Crippen molar-refractivity contribution in [2.75, 3.05) is 5.32 Å². The van der Waals surface area contributed by atoms with E-state index in [1.165, 1.54) is 0 Å². The molecule has 2 N–H and O–H groups in total. The van der Waals surface area contributed by atoms with Gasteiger partial charge in [0.2, 0.25) is 6.54 Å². The highest BCUT2D eigenvalue weighted by atomic mass is 16.6. The molecular formula is C20H19N3O3. The van der Waals surface area contributed by atoms with E-state index in [4.69, 9.17) is 9.94 Å². The topological polar surface area (TPSA) is 79.9 Å². The van der Waals surface area contributed by atoms with Crippen LogP contribution in [-0.2, 0) is 13.2 Å². The summed E-state index contributed by atoms with van der Waals surface area (Å²) in [5.74, 6) is 0.726. The molecule has 0 radical (unpaired) electrons. The van der Waals surface area contributed by atoms with Gasteiger partial charge >= 0.3 is 0 Å². The Balaban J connectivity index is 1.62. The molecule has 3 rings (SSSR count). The molecule has 0 aliphatic rings. The number of nitrogens with zero attached hydrogens (tertiary/aromatic N) is 2. The average molecular weight is 349 g/mol. The lowest BCUT2D eigenvalue weighted by molar-refractivity contribution is -0.570. The number of anilines is 2. The lowest BCUT2D eigenvalue weighted by atomic mass is 10.1. The van der Waals surface area contributed by atoms with Crippen molar-refractivity contribution in [3.05, 3.63) is 95.2 Å². The summed E-state index contributed by atoms with van der Waals surface area (Å²) in [7, 11) is 0. The predicted octanol–water partition coefficient (Wildman–Crippen LogP) is 4.86. The second kappa shape index (κ2) is 8.53. The van der Waals surface area contributed by atoms with Gasteiger partial charge in [0.25, 0.3) is 0 Å². The maximum atomic E-state index is 11.2. The van der Waals surface area contributed by atoms with Gasteiger partial charge < -0.3 is 20.5 Å². The molecule has 0 heterocycles. The van der Waals surface area contributed by atoms with Gasteiger partial charge in [0.1, 0.15) is 12.4 Å². The minimum atomic E-state index is -0.0318. The Hall–Kier alpha value is -3.54. The summed E-state index contributed by atoms with van der Waals surface area (Å²) in [4.78, 5) is 0.225. The molecule has 3 aromatic carbocycles. The van der Waals surface area contributed by atoms with Crippen LogP contribution in [0.15, 0.2) is 84.1 Å². The molecule has 0 fully saturated rings. The number of hydrogen-bond acceptors (Lipinski definition) is 4. The quantitative estimate of drug-likeness (QED) is 0.363. The van der Waals surface area contributed by atoms with Crippen molar-refractivity contribution < 1.29 is 14.8 Å². The van der Waals surface area contributed by atoms with Gasteiger partial charge in [-0.2, -0.15) is 0 Å². The zero-order chi connectivity index (χ0) is 18.2. The molecule has 132 valence electrons. The molecule has 0 atom stereocenters. The van der Waals surface area contributed by atoms with Crippen LogP contribution in [0.25, 0.3) is 0 Å². The van der Waals surface area contributed by atoms with Crippen LogP contribution in [0, 0.1) is 5.21 Å². The zero-order valence-corrected chi connectivity index (χ0v) is 14.1. The third-order valence-electron chi connectivity index (χ3n) is 3.83. The molecule has 0 aliphatic heterocycles. The van der Waals surface area contributed by atoms with Crippen LogP contribution in [-0.4, -0.2) is 10.1 Å². The highest BCUT2D eigenvalue weighted by molar-refractivity contribution is 5.60. The van der Waals surface area contributed by atoms with E-state index >= 15 is 0 Å². The minimum absolute atomic E-state index is 0.0318. The van der Waals surface area contributed by atoms with E-state index in [9.17, 15) is 5.21 Å². The van der Waals surface area contributed by atoms with Crippen LogP contribution in [0.5, 0.6) is 5.75 Å². The van der Waals surface area contributed by atoms with Crippen LogP contribution in [0.4, 0.5) is 11.4 Å². The van der Waals surface area contributed by atoms with Gasteiger partial charge in [0.15, 0.2) is 5.28 Å². The van der Waals surface area contributed by atoms with Crippen molar-refractivity contribution in [1.82, 2.24) is 0 Å². The van der Waals surface area contributed by atoms with E-state index in [0.717, 1.165) is 28.3 Å². The normalized spacial score (nSPS) is 11.2. The largest absolute Gasteiger partial charge is 0.597 e. The maximum absolute atomic E-state index is 11.2. The molecule has 26 heavy (non-hydrogen) atoms. The number of nitrogens with one attached hydrogen (secondary N) is 1. The molecule has 0 unspecified atom stereocenters. The van der Waals surface area contributed by atoms with E-state index in [-0.39, 0.29) is 11.4 Å². The first-order valence-electron chi connectivity index (χ1n) is 8.16. The fourth-order valence-corrected chi connectivity index (χ4v) is 2.51. The smallest absolute Gasteiger partial charge is 0.209 e. The van der Waals surface area contributed by atoms with Gasteiger partial charge in [-0.3, -0.25) is 0 Å². The van der Waals surface area contributed by atoms with Gasteiger partial charge in [0, 0.05) is 16.9 Å². The second-order valence-electron chi connectivity index (χ2n) is 5.67. The monoisotopic (exact) mass is 349 g/mol. The van der Waals surface area contributed by atoms with Crippen LogP contribution in [0.2, 0.25) is 0 Å². The number of rotatable bonds is 7. The van der Waals surface area contributed by atoms with E-state index in [1.54, 1.807) is 0 Å². The Bertz CT molecular complexity index is 865. The summed E-state index contributed by atoms with van der Waals surface area (Å²) >= 11 is 0. The standard InChI is InChI=1S/C20H19N3O3/c24-22-23(25)14-16-6-4-5-7-17(16)15-26-20-12-10-19(11-13-20)21-18-8-2-1-3-9-18/h1-13,21,24H,14-15H2. The van der Waals surface area contributed by atoms with Crippen molar-refractivity contribution in [3.63, 3.8) is 0 Å². The summed E-state index contributed by atoms with van der Waals surface area (Å²) in [6, 6.07) is 25.0. The van der Waals surface area contributed by atoms with Crippen LogP contribution < -0.4 is 10.1 Å². The van der Waals surface area contributed by atoms with Crippen LogP contribution in [0.1, 0.15) is 11.1 Å². The molecule has 3 aromatic rings. The number of ether oxygens (including phenoxy) is 1. The van der Waals surface area contributed by atoms with Crippen molar-refractivity contribution >= 4 is 11.4 Å². The van der Waals surface area contributed by atoms with E-state index < -0.39 is 0 Å². The van der Waals surface area contributed by atoms with E-state index in [2.05, 4.69) is 10.6 Å². The number of para-hydroxylation sites is 1. The SMILES string of the molecule is [O-][N+](Cc1ccccc1COc1ccc(Nc2ccccc2)cc1)=NO. The van der Waals surface area contributed by atoms with Gasteiger partial charge in [-0.15, -0.1) is 0 Å². The summed E-state index contributed by atoms with van der Waals surface area (Å²) in [5, 5.41) is 25.7. The number of hydrogen-bond donors (Lipinski definition) is 2. The third kappa shape index (κ3) is 4.73. The molecular weight excluding hydrogens is 330 g/mol. The first kappa shape index (κ1) is 17.3.